The van der Waals surface area contributed by atoms with E-state index in [1.807, 2.05) is 0 Å². The fourth-order valence-electron chi connectivity index (χ4n) is 1.24. The summed E-state index contributed by atoms with van der Waals surface area (Å²) in [6, 6.07) is 0. The topological polar surface area (TPSA) is 66.4 Å². The first-order valence-corrected chi connectivity index (χ1v) is 5.59. The van der Waals surface area contributed by atoms with Crippen molar-refractivity contribution in [2.24, 2.45) is 5.41 Å². The molecule has 0 aliphatic heterocycles. The van der Waals surface area contributed by atoms with E-state index in [1.165, 1.54) is 13.8 Å². The van der Waals surface area contributed by atoms with Crippen molar-refractivity contribution >= 4 is 11.9 Å². The predicted molar refractivity (Wildman–Crippen MR) is 63.2 cm³/mol. The van der Waals surface area contributed by atoms with E-state index < -0.39 is 11.5 Å². The molecule has 1 amide bonds. The molecule has 94 valence electrons. The number of aliphatic carboxylic acids is 1. The fourth-order valence-corrected chi connectivity index (χ4v) is 1.24. The van der Waals surface area contributed by atoms with Crippen molar-refractivity contribution in [3.63, 3.8) is 0 Å². The van der Waals surface area contributed by atoms with Crippen molar-refractivity contribution in [2.45, 2.75) is 59.4 Å². The van der Waals surface area contributed by atoms with E-state index in [4.69, 9.17) is 5.11 Å². The van der Waals surface area contributed by atoms with Gasteiger partial charge in [-0.1, -0.05) is 20.8 Å². The largest absolute Gasteiger partial charge is 0.480 e. The number of carboxylic acids is 1. The molecule has 0 saturated carbocycles. The van der Waals surface area contributed by atoms with E-state index in [0.29, 0.717) is 6.42 Å². The van der Waals surface area contributed by atoms with Gasteiger partial charge >= 0.3 is 5.97 Å². The first-order valence-electron chi connectivity index (χ1n) is 5.59. The zero-order valence-electron chi connectivity index (χ0n) is 10.9. The summed E-state index contributed by atoms with van der Waals surface area (Å²) in [6.07, 6.45) is 2.12. The number of carbonyl (C=O) groups is 2. The lowest BCUT2D eigenvalue weighted by Crippen LogP contribution is -2.49. The molecule has 16 heavy (non-hydrogen) atoms. The highest BCUT2D eigenvalue weighted by Gasteiger charge is 2.28. The van der Waals surface area contributed by atoms with Gasteiger partial charge in [0.15, 0.2) is 0 Å². The standard InChI is InChI=1S/C12H23NO3/c1-11(2,3)8-6-7-9(14)13-12(4,5)10(15)16/h6-8H2,1-5H3,(H,13,14)(H,15,16). The Morgan fingerprint density at radius 3 is 2.00 bits per heavy atom. The maximum absolute atomic E-state index is 11.5. The van der Waals surface area contributed by atoms with Crippen LogP contribution >= 0.6 is 0 Å². The van der Waals surface area contributed by atoms with Gasteiger partial charge in [-0.25, -0.2) is 4.79 Å². The molecule has 4 heteroatoms. The Hall–Kier alpha value is -1.06. The first kappa shape index (κ1) is 14.9. The highest BCUT2D eigenvalue weighted by molar-refractivity contribution is 5.86. The number of carboxylic acid groups (broad SMARTS) is 1. The van der Waals surface area contributed by atoms with Crippen LogP contribution in [0.5, 0.6) is 0 Å². The molecule has 0 saturated heterocycles. The summed E-state index contributed by atoms with van der Waals surface area (Å²) in [4.78, 5) is 22.2. The van der Waals surface area contributed by atoms with Gasteiger partial charge in [0.05, 0.1) is 0 Å². The van der Waals surface area contributed by atoms with Crippen LogP contribution in [0.1, 0.15) is 53.9 Å². The molecule has 0 aliphatic carbocycles. The van der Waals surface area contributed by atoms with Crippen LogP contribution in [0.2, 0.25) is 0 Å². The third-order valence-corrected chi connectivity index (χ3v) is 2.32. The van der Waals surface area contributed by atoms with Crippen molar-refractivity contribution in [3.8, 4) is 0 Å². The highest BCUT2D eigenvalue weighted by atomic mass is 16.4. The third-order valence-electron chi connectivity index (χ3n) is 2.32. The molecule has 0 unspecified atom stereocenters. The molecule has 0 aromatic heterocycles. The molecule has 0 spiro atoms. The molecule has 0 fully saturated rings. The minimum absolute atomic E-state index is 0.198. The summed E-state index contributed by atoms with van der Waals surface area (Å²) in [5.41, 5.74) is -0.971. The van der Waals surface area contributed by atoms with E-state index >= 15 is 0 Å². The van der Waals surface area contributed by atoms with Gasteiger partial charge in [-0.15, -0.1) is 0 Å². The van der Waals surface area contributed by atoms with Crippen LogP contribution in [-0.4, -0.2) is 22.5 Å². The van der Waals surface area contributed by atoms with E-state index in [0.717, 1.165) is 12.8 Å². The number of hydrogen-bond acceptors (Lipinski definition) is 2. The number of hydrogen-bond donors (Lipinski definition) is 2. The molecule has 2 N–H and O–H groups in total. The Labute approximate surface area is 97.4 Å². The zero-order valence-corrected chi connectivity index (χ0v) is 10.9. The monoisotopic (exact) mass is 229 g/mol. The van der Waals surface area contributed by atoms with E-state index in [9.17, 15) is 9.59 Å². The molecule has 0 bridgehead atoms. The van der Waals surface area contributed by atoms with Crippen LogP contribution in [0.15, 0.2) is 0 Å². The molecule has 0 heterocycles. The second-order valence-corrected chi connectivity index (χ2v) is 5.89. The maximum atomic E-state index is 11.5. The van der Waals surface area contributed by atoms with Crippen LogP contribution < -0.4 is 5.32 Å². The number of rotatable bonds is 5. The lowest BCUT2D eigenvalue weighted by Gasteiger charge is -2.22. The Balaban J connectivity index is 3.97. The molecular weight excluding hydrogens is 206 g/mol. The number of carbonyl (C=O) groups excluding carboxylic acids is 1. The minimum atomic E-state index is -1.18. The summed E-state index contributed by atoms with van der Waals surface area (Å²) >= 11 is 0. The SMILES string of the molecule is CC(C)(C)CCCC(=O)NC(C)(C)C(=O)O. The van der Waals surface area contributed by atoms with Crippen LogP contribution in [0.4, 0.5) is 0 Å². The summed E-state index contributed by atoms with van der Waals surface area (Å²) in [7, 11) is 0. The average molecular weight is 229 g/mol. The lowest BCUT2D eigenvalue weighted by molar-refractivity contribution is -0.146. The quantitative estimate of drug-likeness (QED) is 0.759. The Morgan fingerprint density at radius 2 is 1.62 bits per heavy atom. The van der Waals surface area contributed by atoms with Crippen molar-refractivity contribution in [3.05, 3.63) is 0 Å². The van der Waals surface area contributed by atoms with Crippen LogP contribution in [0.3, 0.4) is 0 Å². The van der Waals surface area contributed by atoms with Crippen molar-refractivity contribution in [1.82, 2.24) is 5.32 Å². The summed E-state index contributed by atoms with van der Waals surface area (Å²) in [6.45, 7) is 9.32. The van der Waals surface area contributed by atoms with Crippen LogP contribution in [0, 0.1) is 5.41 Å². The molecule has 4 nitrogen and oxygen atoms in total. The van der Waals surface area contributed by atoms with Crippen molar-refractivity contribution in [2.75, 3.05) is 0 Å². The van der Waals surface area contributed by atoms with Gasteiger partial charge < -0.3 is 10.4 Å². The van der Waals surface area contributed by atoms with Crippen LogP contribution in [0.25, 0.3) is 0 Å². The van der Waals surface area contributed by atoms with E-state index in [-0.39, 0.29) is 11.3 Å². The molecule has 0 aromatic carbocycles. The fraction of sp³-hybridized carbons (Fsp3) is 0.833. The van der Waals surface area contributed by atoms with Gasteiger partial charge in [-0.05, 0) is 32.1 Å². The Morgan fingerprint density at radius 1 is 1.12 bits per heavy atom. The summed E-state index contributed by atoms with van der Waals surface area (Å²) in [5.74, 6) is -1.21. The van der Waals surface area contributed by atoms with Crippen molar-refractivity contribution in [1.29, 1.82) is 0 Å². The average Bonchev–Trinajstić information content (AvgIpc) is 1.99. The first-order chi connectivity index (χ1) is 7.04. The maximum Gasteiger partial charge on any atom is 0.328 e. The summed E-state index contributed by atoms with van der Waals surface area (Å²) < 4.78 is 0. The van der Waals surface area contributed by atoms with Gasteiger partial charge in [-0.3, -0.25) is 4.79 Å². The normalized spacial score (nSPS) is 12.3. The van der Waals surface area contributed by atoms with Gasteiger partial charge in [-0.2, -0.15) is 0 Å². The smallest absolute Gasteiger partial charge is 0.328 e. The lowest BCUT2D eigenvalue weighted by atomic mass is 9.90. The van der Waals surface area contributed by atoms with Crippen molar-refractivity contribution < 1.29 is 14.7 Å². The molecule has 0 rings (SSSR count). The Bertz CT molecular complexity index is 264. The van der Waals surface area contributed by atoms with Gasteiger partial charge in [0.1, 0.15) is 5.54 Å². The number of nitrogens with one attached hydrogen (secondary N) is 1. The minimum Gasteiger partial charge on any atom is -0.480 e. The van der Waals surface area contributed by atoms with Gasteiger partial charge in [0.25, 0.3) is 0 Å². The summed E-state index contributed by atoms with van der Waals surface area (Å²) in [5, 5.41) is 11.3. The molecule has 0 atom stereocenters. The third kappa shape index (κ3) is 6.43. The van der Waals surface area contributed by atoms with Crippen LogP contribution in [-0.2, 0) is 9.59 Å². The zero-order chi connectivity index (χ0) is 13.0. The molecule has 0 radical (unpaired) electrons. The van der Waals surface area contributed by atoms with Gasteiger partial charge in [0, 0.05) is 6.42 Å². The predicted octanol–water partition coefficient (Wildman–Crippen LogP) is 2.18. The molecule has 0 aromatic rings. The van der Waals surface area contributed by atoms with E-state index in [1.54, 1.807) is 0 Å². The second-order valence-electron chi connectivity index (χ2n) is 5.89. The highest BCUT2D eigenvalue weighted by Crippen LogP contribution is 2.21. The number of amides is 1. The van der Waals surface area contributed by atoms with Gasteiger partial charge in [0.2, 0.25) is 5.91 Å². The molecule has 0 aliphatic rings. The Kier molecular flexibility index (Phi) is 4.97. The molecular formula is C12H23NO3. The van der Waals surface area contributed by atoms with E-state index in [2.05, 4.69) is 26.1 Å². The second kappa shape index (κ2) is 5.32.